The van der Waals surface area contributed by atoms with Crippen molar-refractivity contribution < 1.29 is 34.8 Å². The number of phenols is 1. The number of carbonyl (C=O) groups is 3. The van der Waals surface area contributed by atoms with E-state index >= 15 is 0 Å². The third-order valence-electron chi connectivity index (χ3n) is 9.72. The molecule has 0 saturated carbocycles. The fraction of sp³-hybridized carbons (Fsp3) is 0.441. The van der Waals surface area contributed by atoms with Crippen molar-refractivity contribution in [2.75, 3.05) is 0 Å². The van der Waals surface area contributed by atoms with Crippen molar-refractivity contribution in [3.05, 3.63) is 75.8 Å². The van der Waals surface area contributed by atoms with Gasteiger partial charge < -0.3 is 20.4 Å². The molecule has 2 aromatic carbocycles. The monoisotopic (exact) mass is 558 g/mol. The number of Topliss-reactive ketones (excluding diaryl/α,β-unsaturated/α-hetero) is 3. The third-order valence-corrected chi connectivity index (χ3v) is 9.72. The first-order valence-electron chi connectivity index (χ1n) is 14.3. The average molecular weight is 559 g/mol. The number of aryl methyl sites for hydroxylation is 1. The fourth-order valence-electron chi connectivity index (χ4n) is 8.25. The Bertz CT molecular complexity index is 1580. The molecule has 4 atom stereocenters. The van der Waals surface area contributed by atoms with Crippen LogP contribution in [0.5, 0.6) is 5.75 Å². The minimum Gasteiger partial charge on any atom is -0.511 e. The summed E-state index contributed by atoms with van der Waals surface area (Å²) in [7, 11) is 0. The molecular formula is C34H38O7. The third kappa shape index (κ3) is 3.71. The zero-order chi connectivity index (χ0) is 30.2. The molecular weight excluding hydrogens is 520 g/mol. The number of benzene rings is 2. The smallest absolute Gasteiger partial charge is 0.209 e. The summed E-state index contributed by atoms with van der Waals surface area (Å²) in [6, 6.07) is 11.2. The molecule has 41 heavy (non-hydrogen) atoms. The number of hydrogen-bond acceptors (Lipinski definition) is 7. The van der Waals surface area contributed by atoms with Gasteiger partial charge in [-0.1, -0.05) is 71.4 Å². The standard InChI is InChI=1S/C34H38O7/c1-7-10-19-11-8-9-12-20(19)21-13-14-23(36)25-22(21)15-32(5)16-33(6)26(17(2)3)28(37)24(18(4)35)30(39)34(33,41)31(40)27(32)29(25)38/h8-9,11-14,17,26,36-37,40-41H,7,10,15-16H2,1-6H3/t26?,32-,33-,34+/m1/s1. The van der Waals surface area contributed by atoms with Crippen LogP contribution < -0.4 is 0 Å². The number of aliphatic hydroxyl groups is 3. The van der Waals surface area contributed by atoms with Gasteiger partial charge in [0.2, 0.25) is 5.78 Å². The Balaban J connectivity index is 1.81. The Morgan fingerprint density at radius 3 is 2.29 bits per heavy atom. The van der Waals surface area contributed by atoms with Crippen molar-refractivity contribution >= 4 is 17.3 Å². The first-order chi connectivity index (χ1) is 19.2. The van der Waals surface area contributed by atoms with Crippen molar-refractivity contribution in [1.29, 1.82) is 0 Å². The highest BCUT2D eigenvalue weighted by Gasteiger charge is 2.71. The van der Waals surface area contributed by atoms with E-state index in [1.165, 1.54) is 6.07 Å². The van der Waals surface area contributed by atoms with Crippen LogP contribution in [0.1, 0.15) is 75.9 Å². The molecule has 4 N–H and O–H groups in total. The van der Waals surface area contributed by atoms with Gasteiger partial charge in [0.1, 0.15) is 22.8 Å². The van der Waals surface area contributed by atoms with Gasteiger partial charge in [-0.2, -0.15) is 0 Å². The molecule has 0 spiro atoms. The number of aromatic hydroxyl groups is 1. The van der Waals surface area contributed by atoms with Gasteiger partial charge in [-0.05, 0) is 60.4 Å². The lowest BCUT2D eigenvalue weighted by Crippen LogP contribution is -2.67. The van der Waals surface area contributed by atoms with E-state index < -0.39 is 51.0 Å². The Morgan fingerprint density at radius 1 is 1.02 bits per heavy atom. The van der Waals surface area contributed by atoms with Gasteiger partial charge in [-0.3, -0.25) is 14.4 Å². The lowest BCUT2D eigenvalue weighted by molar-refractivity contribution is -0.171. The van der Waals surface area contributed by atoms with Crippen molar-refractivity contribution in [2.45, 2.75) is 72.8 Å². The fourth-order valence-corrected chi connectivity index (χ4v) is 8.25. The van der Waals surface area contributed by atoms with E-state index in [-0.39, 0.29) is 41.4 Å². The molecule has 2 aromatic rings. The average Bonchev–Trinajstić information content (AvgIpc) is 2.86. The molecule has 0 saturated heterocycles. The normalized spacial score (nSPS) is 29.4. The number of hydrogen-bond donors (Lipinski definition) is 4. The van der Waals surface area contributed by atoms with Gasteiger partial charge in [0.15, 0.2) is 17.2 Å². The highest BCUT2D eigenvalue weighted by atomic mass is 16.3. The van der Waals surface area contributed by atoms with Crippen LogP contribution >= 0.6 is 0 Å². The van der Waals surface area contributed by atoms with Gasteiger partial charge in [-0.25, -0.2) is 0 Å². The van der Waals surface area contributed by atoms with Crippen molar-refractivity contribution in [3.8, 4) is 16.9 Å². The summed E-state index contributed by atoms with van der Waals surface area (Å²) < 4.78 is 0. The van der Waals surface area contributed by atoms with Gasteiger partial charge in [0.05, 0.1) is 5.56 Å². The molecule has 5 rings (SSSR count). The molecule has 0 bridgehead atoms. The predicted octanol–water partition coefficient (Wildman–Crippen LogP) is 5.97. The Labute approximate surface area is 240 Å². The highest BCUT2D eigenvalue weighted by Crippen LogP contribution is 2.65. The van der Waals surface area contributed by atoms with Crippen molar-refractivity contribution in [2.24, 2.45) is 22.7 Å². The quantitative estimate of drug-likeness (QED) is 0.333. The molecule has 7 nitrogen and oxygen atoms in total. The second-order valence-corrected chi connectivity index (χ2v) is 12.9. The molecule has 0 aliphatic heterocycles. The van der Waals surface area contributed by atoms with E-state index in [1.807, 2.05) is 51.1 Å². The summed E-state index contributed by atoms with van der Waals surface area (Å²) in [5, 5.41) is 46.2. The van der Waals surface area contributed by atoms with E-state index in [0.29, 0.717) is 5.56 Å². The summed E-state index contributed by atoms with van der Waals surface area (Å²) in [4.78, 5) is 40.6. The van der Waals surface area contributed by atoms with E-state index in [1.54, 1.807) is 6.92 Å². The van der Waals surface area contributed by atoms with E-state index in [2.05, 4.69) is 6.92 Å². The molecule has 7 heteroatoms. The number of ketones is 3. The van der Waals surface area contributed by atoms with Crippen LogP contribution in [-0.4, -0.2) is 43.4 Å². The van der Waals surface area contributed by atoms with Crippen molar-refractivity contribution in [1.82, 2.24) is 0 Å². The molecule has 0 radical (unpaired) electrons. The van der Waals surface area contributed by atoms with E-state index in [0.717, 1.165) is 36.5 Å². The maximum absolute atomic E-state index is 14.3. The van der Waals surface area contributed by atoms with Crippen LogP contribution in [0.15, 0.2) is 59.1 Å². The summed E-state index contributed by atoms with van der Waals surface area (Å²) in [5.74, 6) is -5.12. The van der Waals surface area contributed by atoms with Crippen LogP contribution in [0.3, 0.4) is 0 Å². The molecule has 3 aliphatic rings. The molecule has 0 aromatic heterocycles. The molecule has 0 amide bonds. The Hall–Kier alpha value is -3.71. The van der Waals surface area contributed by atoms with Crippen molar-refractivity contribution in [3.63, 3.8) is 0 Å². The highest BCUT2D eigenvalue weighted by molar-refractivity contribution is 6.25. The minimum absolute atomic E-state index is 0.0360. The number of fused-ring (bicyclic) bond motifs is 3. The molecule has 3 aliphatic carbocycles. The van der Waals surface area contributed by atoms with E-state index in [4.69, 9.17) is 0 Å². The summed E-state index contributed by atoms with van der Waals surface area (Å²) in [5.41, 5.74) is -2.26. The summed E-state index contributed by atoms with van der Waals surface area (Å²) >= 11 is 0. The number of phenolic OH excluding ortho intramolecular Hbond substituents is 1. The summed E-state index contributed by atoms with van der Waals surface area (Å²) in [6.07, 6.45) is 2.06. The van der Waals surface area contributed by atoms with Gasteiger partial charge in [0, 0.05) is 22.3 Å². The van der Waals surface area contributed by atoms with Crippen LogP contribution in [0.25, 0.3) is 11.1 Å². The van der Waals surface area contributed by atoms with Gasteiger partial charge in [0.25, 0.3) is 0 Å². The Kier molecular flexibility index (Phi) is 6.61. The molecule has 216 valence electrons. The van der Waals surface area contributed by atoms with Crippen LogP contribution in [-0.2, 0) is 22.4 Å². The first-order valence-corrected chi connectivity index (χ1v) is 14.3. The maximum Gasteiger partial charge on any atom is 0.209 e. The predicted molar refractivity (Wildman–Crippen MR) is 155 cm³/mol. The second-order valence-electron chi connectivity index (χ2n) is 12.9. The second kappa shape index (κ2) is 9.41. The largest absolute Gasteiger partial charge is 0.511 e. The SMILES string of the molecule is CCCc1ccccc1-c1ccc(O)c2c1C[C@]1(C)C[C@]3(C)C(C(C)C)C(O)=C(C(C)=O)C(=O)[C@]3(O)C(O)=C1C2=O. The van der Waals surface area contributed by atoms with E-state index in [9.17, 15) is 34.8 Å². The van der Waals surface area contributed by atoms with Gasteiger partial charge in [-0.15, -0.1) is 0 Å². The zero-order valence-corrected chi connectivity index (χ0v) is 24.5. The van der Waals surface area contributed by atoms with Crippen LogP contribution in [0, 0.1) is 22.7 Å². The van der Waals surface area contributed by atoms with Gasteiger partial charge >= 0.3 is 0 Å². The first kappa shape index (κ1) is 28.8. The van der Waals surface area contributed by atoms with Crippen LogP contribution in [0.2, 0.25) is 0 Å². The molecule has 0 fully saturated rings. The maximum atomic E-state index is 14.3. The number of allylic oxidation sites excluding steroid dienone is 2. The number of rotatable bonds is 5. The lowest BCUT2D eigenvalue weighted by Gasteiger charge is -2.59. The topological polar surface area (TPSA) is 132 Å². The summed E-state index contributed by atoms with van der Waals surface area (Å²) in [6.45, 7) is 10.3. The minimum atomic E-state index is -2.61. The van der Waals surface area contributed by atoms with Crippen LogP contribution in [0.4, 0.5) is 0 Å². The number of aliphatic hydroxyl groups excluding tert-OH is 2. The number of carbonyl (C=O) groups excluding carboxylic acids is 3. The lowest BCUT2D eigenvalue weighted by atomic mass is 9.44. The molecule has 1 unspecified atom stereocenters. The molecule has 0 heterocycles. The Morgan fingerprint density at radius 2 is 1.68 bits per heavy atom. The zero-order valence-electron chi connectivity index (χ0n) is 24.5.